The highest BCUT2D eigenvalue weighted by Crippen LogP contribution is 2.29. The van der Waals surface area contributed by atoms with Crippen LogP contribution in [-0.4, -0.2) is 47.8 Å². The van der Waals surface area contributed by atoms with Gasteiger partial charge in [-0.15, -0.1) is 0 Å². The quantitative estimate of drug-likeness (QED) is 0.704. The standard InChI is InChI=1S/C11H17NO3/c1-8(11(13)14)7-12-5-6-15-10-4-2-3-9(10)12/h9-10H,1-7H2,(H,13,14). The van der Waals surface area contributed by atoms with E-state index >= 15 is 0 Å². The largest absolute Gasteiger partial charge is 0.478 e. The van der Waals surface area contributed by atoms with Crippen LogP contribution < -0.4 is 0 Å². The van der Waals surface area contributed by atoms with Crippen LogP contribution in [0.4, 0.5) is 0 Å². The van der Waals surface area contributed by atoms with Crippen LogP contribution in [-0.2, 0) is 9.53 Å². The lowest BCUT2D eigenvalue weighted by Gasteiger charge is -2.37. The maximum absolute atomic E-state index is 10.7. The second-order valence-electron chi connectivity index (χ2n) is 4.29. The zero-order chi connectivity index (χ0) is 10.8. The molecule has 1 aliphatic carbocycles. The van der Waals surface area contributed by atoms with Crippen LogP contribution in [0.1, 0.15) is 19.3 Å². The molecule has 2 atom stereocenters. The smallest absolute Gasteiger partial charge is 0.332 e. The third-order valence-electron chi connectivity index (χ3n) is 3.29. The molecular formula is C11H17NO3. The van der Waals surface area contributed by atoms with Crippen molar-refractivity contribution in [3.8, 4) is 0 Å². The second-order valence-corrected chi connectivity index (χ2v) is 4.29. The molecule has 2 unspecified atom stereocenters. The van der Waals surface area contributed by atoms with E-state index in [9.17, 15) is 4.79 Å². The summed E-state index contributed by atoms with van der Waals surface area (Å²) in [6, 6.07) is 0.412. The van der Waals surface area contributed by atoms with Gasteiger partial charge in [0.1, 0.15) is 0 Å². The summed E-state index contributed by atoms with van der Waals surface area (Å²) in [5, 5.41) is 8.80. The van der Waals surface area contributed by atoms with E-state index in [0.29, 0.717) is 25.3 Å². The number of carboxylic acids is 1. The number of carbonyl (C=O) groups is 1. The van der Waals surface area contributed by atoms with E-state index in [1.807, 2.05) is 0 Å². The molecule has 2 fully saturated rings. The number of rotatable bonds is 3. The predicted octanol–water partition coefficient (Wildman–Crippen LogP) is 0.881. The molecule has 15 heavy (non-hydrogen) atoms. The van der Waals surface area contributed by atoms with Crippen molar-refractivity contribution in [1.82, 2.24) is 4.90 Å². The molecule has 1 saturated carbocycles. The van der Waals surface area contributed by atoms with Crippen molar-refractivity contribution < 1.29 is 14.6 Å². The Morgan fingerprint density at radius 1 is 1.53 bits per heavy atom. The summed E-state index contributed by atoms with van der Waals surface area (Å²) in [7, 11) is 0. The van der Waals surface area contributed by atoms with E-state index < -0.39 is 5.97 Å². The van der Waals surface area contributed by atoms with Gasteiger partial charge in [-0.3, -0.25) is 4.90 Å². The summed E-state index contributed by atoms with van der Waals surface area (Å²) in [4.78, 5) is 12.9. The molecule has 4 nitrogen and oxygen atoms in total. The Hall–Kier alpha value is -0.870. The molecule has 0 aromatic heterocycles. The lowest BCUT2D eigenvalue weighted by Crippen LogP contribution is -2.49. The number of aliphatic carboxylic acids is 1. The average molecular weight is 211 g/mol. The minimum absolute atomic E-state index is 0.280. The van der Waals surface area contributed by atoms with E-state index in [1.54, 1.807) is 0 Å². The Morgan fingerprint density at radius 2 is 2.33 bits per heavy atom. The monoisotopic (exact) mass is 211 g/mol. The second kappa shape index (κ2) is 4.33. The van der Waals surface area contributed by atoms with Gasteiger partial charge in [-0.05, 0) is 19.3 Å². The van der Waals surface area contributed by atoms with Gasteiger partial charge < -0.3 is 9.84 Å². The number of carboxylic acid groups (broad SMARTS) is 1. The van der Waals surface area contributed by atoms with E-state index in [-0.39, 0.29) is 5.57 Å². The summed E-state index contributed by atoms with van der Waals surface area (Å²) >= 11 is 0. The van der Waals surface area contributed by atoms with Gasteiger partial charge in [0.15, 0.2) is 0 Å². The van der Waals surface area contributed by atoms with E-state index in [2.05, 4.69) is 11.5 Å². The molecule has 4 heteroatoms. The maximum Gasteiger partial charge on any atom is 0.332 e. The van der Waals surface area contributed by atoms with Crippen LogP contribution in [0.15, 0.2) is 12.2 Å². The van der Waals surface area contributed by atoms with Crippen LogP contribution in [0.25, 0.3) is 0 Å². The van der Waals surface area contributed by atoms with Crippen molar-refractivity contribution in [3.05, 3.63) is 12.2 Å². The first-order valence-corrected chi connectivity index (χ1v) is 5.45. The Morgan fingerprint density at radius 3 is 3.07 bits per heavy atom. The number of fused-ring (bicyclic) bond motifs is 1. The molecule has 0 aromatic carbocycles. The van der Waals surface area contributed by atoms with Crippen LogP contribution in [0.5, 0.6) is 0 Å². The highest BCUT2D eigenvalue weighted by molar-refractivity contribution is 5.86. The van der Waals surface area contributed by atoms with Crippen molar-refractivity contribution in [2.75, 3.05) is 19.7 Å². The molecule has 2 rings (SSSR count). The zero-order valence-corrected chi connectivity index (χ0v) is 8.82. The van der Waals surface area contributed by atoms with Gasteiger partial charge in [0.25, 0.3) is 0 Å². The van der Waals surface area contributed by atoms with Crippen molar-refractivity contribution in [3.63, 3.8) is 0 Å². The number of hydrogen-bond donors (Lipinski definition) is 1. The zero-order valence-electron chi connectivity index (χ0n) is 8.82. The SMILES string of the molecule is C=C(CN1CCOC2CCCC21)C(=O)O. The molecule has 1 aliphatic heterocycles. The Kier molecular flexibility index (Phi) is 3.07. The molecule has 0 amide bonds. The summed E-state index contributed by atoms with van der Waals surface area (Å²) in [5.41, 5.74) is 0.280. The van der Waals surface area contributed by atoms with Gasteiger partial charge in [0, 0.05) is 24.7 Å². The van der Waals surface area contributed by atoms with E-state index in [0.717, 1.165) is 19.4 Å². The van der Waals surface area contributed by atoms with Gasteiger partial charge in [0.05, 0.1) is 12.7 Å². The predicted molar refractivity (Wildman–Crippen MR) is 55.7 cm³/mol. The van der Waals surface area contributed by atoms with Crippen LogP contribution in [0, 0.1) is 0 Å². The maximum atomic E-state index is 10.7. The molecule has 1 saturated heterocycles. The molecule has 0 aromatic rings. The molecule has 0 bridgehead atoms. The van der Waals surface area contributed by atoms with Crippen molar-refractivity contribution in [2.24, 2.45) is 0 Å². The average Bonchev–Trinajstić information content (AvgIpc) is 2.66. The lowest BCUT2D eigenvalue weighted by atomic mass is 10.1. The van der Waals surface area contributed by atoms with Crippen molar-refractivity contribution in [1.29, 1.82) is 0 Å². The van der Waals surface area contributed by atoms with Crippen molar-refractivity contribution in [2.45, 2.75) is 31.4 Å². The first-order valence-electron chi connectivity index (χ1n) is 5.45. The van der Waals surface area contributed by atoms with E-state index in [1.165, 1.54) is 6.42 Å². The lowest BCUT2D eigenvalue weighted by molar-refractivity contribution is -0.133. The van der Waals surface area contributed by atoms with Gasteiger partial charge in [-0.1, -0.05) is 6.58 Å². The van der Waals surface area contributed by atoms with Gasteiger partial charge >= 0.3 is 5.97 Å². The Labute approximate surface area is 89.5 Å². The number of morpholine rings is 1. The fourth-order valence-electron chi connectivity index (χ4n) is 2.51. The third kappa shape index (κ3) is 2.21. The van der Waals surface area contributed by atoms with Crippen LogP contribution in [0.2, 0.25) is 0 Å². The first-order chi connectivity index (χ1) is 7.18. The Bertz CT molecular complexity index is 277. The number of hydrogen-bond acceptors (Lipinski definition) is 3. The summed E-state index contributed by atoms with van der Waals surface area (Å²) in [6.45, 7) is 5.60. The van der Waals surface area contributed by atoms with Crippen molar-refractivity contribution >= 4 is 5.97 Å². The topological polar surface area (TPSA) is 49.8 Å². The number of ether oxygens (including phenoxy) is 1. The summed E-state index contributed by atoms with van der Waals surface area (Å²) in [5.74, 6) is -0.893. The fourth-order valence-corrected chi connectivity index (χ4v) is 2.51. The third-order valence-corrected chi connectivity index (χ3v) is 3.29. The highest BCUT2D eigenvalue weighted by Gasteiger charge is 2.36. The summed E-state index contributed by atoms with van der Waals surface area (Å²) in [6.07, 6.45) is 3.74. The molecule has 0 spiro atoms. The van der Waals surface area contributed by atoms with Gasteiger partial charge in [-0.25, -0.2) is 4.79 Å². The molecule has 1 N–H and O–H groups in total. The van der Waals surface area contributed by atoms with Gasteiger partial charge in [-0.2, -0.15) is 0 Å². The fraction of sp³-hybridized carbons (Fsp3) is 0.727. The molecule has 2 aliphatic rings. The number of nitrogens with zero attached hydrogens (tertiary/aromatic N) is 1. The van der Waals surface area contributed by atoms with E-state index in [4.69, 9.17) is 9.84 Å². The highest BCUT2D eigenvalue weighted by atomic mass is 16.5. The minimum atomic E-state index is -0.893. The van der Waals surface area contributed by atoms with Crippen LogP contribution >= 0.6 is 0 Å². The molecule has 0 radical (unpaired) electrons. The molecule has 84 valence electrons. The van der Waals surface area contributed by atoms with Gasteiger partial charge in [0.2, 0.25) is 0 Å². The minimum Gasteiger partial charge on any atom is -0.478 e. The first kappa shape index (κ1) is 10.6. The molecule has 1 heterocycles. The summed E-state index contributed by atoms with van der Waals surface area (Å²) < 4.78 is 5.66. The molecular weight excluding hydrogens is 194 g/mol. The van der Waals surface area contributed by atoms with Crippen LogP contribution in [0.3, 0.4) is 0 Å². The normalized spacial score (nSPS) is 31.2. The Balaban J connectivity index is 1.96.